The molecule has 0 aliphatic carbocycles. The lowest BCUT2D eigenvalue weighted by Crippen LogP contribution is -2.33. The molecule has 2 aromatic rings. The topological polar surface area (TPSA) is 57.6 Å². The maximum Gasteiger partial charge on any atom is 0.267 e. The third kappa shape index (κ3) is 4.43. The van der Waals surface area contributed by atoms with Crippen molar-refractivity contribution < 1.29 is 14.7 Å². The van der Waals surface area contributed by atoms with E-state index in [0.717, 1.165) is 16.7 Å². The van der Waals surface area contributed by atoms with E-state index in [2.05, 4.69) is 0 Å². The Morgan fingerprint density at radius 1 is 1.00 bits per heavy atom. The molecule has 0 unspecified atom stereocenters. The molecule has 2 amide bonds. The number of benzene rings is 2. The van der Waals surface area contributed by atoms with Crippen LogP contribution >= 0.6 is 23.4 Å². The van der Waals surface area contributed by atoms with Gasteiger partial charge in [-0.2, -0.15) is 0 Å². The molecule has 2 aromatic carbocycles. The van der Waals surface area contributed by atoms with Crippen molar-refractivity contribution in [3.63, 3.8) is 0 Å². The number of imide groups is 1. The van der Waals surface area contributed by atoms with Gasteiger partial charge in [0.25, 0.3) is 11.8 Å². The summed E-state index contributed by atoms with van der Waals surface area (Å²) in [6, 6.07) is 14.9. The highest BCUT2D eigenvalue weighted by atomic mass is 35.5. The second-order valence-electron chi connectivity index (χ2n) is 6.28. The van der Waals surface area contributed by atoms with Gasteiger partial charge in [-0.25, -0.2) is 0 Å². The predicted molar refractivity (Wildman–Crippen MR) is 110 cm³/mol. The van der Waals surface area contributed by atoms with Gasteiger partial charge < -0.3 is 5.11 Å². The third-order valence-corrected chi connectivity index (χ3v) is 5.65. The van der Waals surface area contributed by atoms with E-state index < -0.39 is 0 Å². The molecule has 6 heteroatoms. The molecule has 27 heavy (non-hydrogen) atoms. The molecule has 1 heterocycles. The van der Waals surface area contributed by atoms with Gasteiger partial charge in [-0.3, -0.25) is 14.5 Å². The van der Waals surface area contributed by atoms with Gasteiger partial charge in [0, 0.05) is 17.3 Å². The second-order valence-corrected chi connectivity index (χ2v) is 7.82. The minimum atomic E-state index is -0.289. The first-order valence-electron chi connectivity index (χ1n) is 8.67. The Bertz CT molecular complexity index is 875. The average Bonchev–Trinajstić information content (AvgIpc) is 2.90. The van der Waals surface area contributed by atoms with E-state index in [1.807, 2.05) is 43.3 Å². The van der Waals surface area contributed by atoms with Crippen molar-refractivity contribution in [2.45, 2.75) is 13.3 Å². The lowest BCUT2D eigenvalue weighted by Gasteiger charge is -2.15. The molecule has 0 spiro atoms. The Balaban J connectivity index is 1.84. The van der Waals surface area contributed by atoms with Crippen LogP contribution in [-0.2, 0) is 16.0 Å². The molecule has 0 bridgehead atoms. The first-order valence-corrected chi connectivity index (χ1v) is 10.0. The molecule has 140 valence electrons. The Labute approximate surface area is 167 Å². The lowest BCUT2D eigenvalue weighted by molar-refractivity contribution is -0.136. The van der Waals surface area contributed by atoms with E-state index in [-0.39, 0.29) is 18.4 Å². The van der Waals surface area contributed by atoms with Crippen LogP contribution in [0, 0.1) is 6.92 Å². The number of hydrogen-bond donors (Lipinski definition) is 1. The first kappa shape index (κ1) is 19.7. The summed E-state index contributed by atoms with van der Waals surface area (Å²) in [6.45, 7) is 2.22. The molecule has 0 atom stereocenters. The van der Waals surface area contributed by atoms with Crippen molar-refractivity contribution in [2.24, 2.45) is 0 Å². The molecular formula is C21H20ClNO3S. The summed E-state index contributed by atoms with van der Waals surface area (Å²) in [6.07, 6.45) is 0.563. The number of aryl methyl sites for hydroxylation is 1. The monoisotopic (exact) mass is 401 g/mol. The summed E-state index contributed by atoms with van der Waals surface area (Å²) >= 11 is 7.13. The Hall–Kier alpha value is -2.08. The largest absolute Gasteiger partial charge is 0.396 e. The normalized spacial score (nSPS) is 14.4. The summed E-state index contributed by atoms with van der Waals surface area (Å²) in [5.41, 5.74) is 3.25. The number of carbonyl (C=O) groups excluding carboxylic acids is 2. The van der Waals surface area contributed by atoms with Gasteiger partial charge in [0.1, 0.15) is 0 Å². The number of rotatable bonds is 7. The quantitative estimate of drug-likeness (QED) is 0.719. The summed E-state index contributed by atoms with van der Waals surface area (Å²) in [7, 11) is 0. The number of aliphatic hydroxyl groups is 1. The zero-order valence-corrected chi connectivity index (χ0v) is 16.5. The molecule has 0 saturated heterocycles. The molecule has 0 fully saturated rings. The number of carbonyl (C=O) groups is 2. The van der Waals surface area contributed by atoms with E-state index in [1.165, 1.54) is 16.7 Å². The molecule has 0 radical (unpaired) electrons. The minimum absolute atomic E-state index is 0.0540. The number of halogens is 1. The third-order valence-electron chi connectivity index (χ3n) is 4.34. The lowest BCUT2D eigenvalue weighted by atomic mass is 10.0. The number of thioether (sulfide) groups is 1. The van der Waals surface area contributed by atoms with Crippen LogP contribution in [0.3, 0.4) is 0 Å². The highest BCUT2D eigenvalue weighted by Crippen LogP contribution is 2.36. The number of amides is 2. The van der Waals surface area contributed by atoms with E-state index in [4.69, 9.17) is 16.7 Å². The van der Waals surface area contributed by atoms with Crippen LogP contribution in [0.2, 0.25) is 5.02 Å². The second kappa shape index (κ2) is 8.74. The maximum absolute atomic E-state index is 13.0. The predicted octanol–water partition coefficient (Wildman–Crippen LogP) is 3.70. The highest BCUT2D eigenvalue weighted by molar-refractivity contribution is 8.04. The van der Waals surface area contributed by atoms with Crippen LogP contribution in [0.1, 0.15) is 16.7 Å². The molecule has 4 nitrogen and oxygen atoms in total. The van der Waals surface area contributed by atoms with Crippen LogP contribution in [0.4, 0.5) is 0 Å². The summed E-state index contributed by atoms with van der Waals surface area (Å²) in [5.74, 6) is -0.199. The standard InChI is InChI=1S/C21H20ClNO3S/c1-14-2-6-16(7-3-14)18-19(27-13-12-24)21(26)23(20(18)25)11-10-15-4-8-17(22)9-5-15/h2-9,24H,10-13H2,1H3. The van der Waals surface area contributed by atoms with E-state index in [0.29, 0.717) is 34.2 Å². The summed E-state index contributed by atoms with van der Waals surface area (Å²) in [5, 5.41) is 9.80. The molecule has 1 aliphatic heterocycles. The SMILES string of the molecule is Cc1ccc(C2=C(SCCO)C(=O)N(CCc3ccc(Cl)cc3)C2=O)cc1. The van der Waals surface area contributed by atoms with Gasteiger partial charge in [-0.1, -0.05) is 53.6 Å². The van der Waals surface area contributed by atoms with E-state index >= 15 is 0 Å². The van der Waals surface area contributed by atoms with Crippen LogP contribution in [0.5, 0.6) is 0 Å². The minimum Gasteiger partial charge on any atom is -0.396 e. The van der Waals surface area contributed by atoms with Crippen LogP contribution in [0.15, 0.2) is 53.4 Å². The van der Waals surface area contributed by atoms with E-state index in [9.17, 15) is 9.59 Å². The molecule has 3 rings (SSSR count). The van der Waals surface area contributed by atoms with Crippen molar-refractivity contribution in [2.75, 3.05) is 18.9 Å². The van der Waals surface area contributed by atoms with E-state index in [1.54, 1.807) is 12.1 Å². The Morgan fingerprint density at radius 2 is 1.67 bits per heavy atom. The van der Waals surface area contributed by atoms with Crippen molar-refractivity contribution in [1.82, 2.24) is 4.90 Å². The molecular weight excluding hydrogens is 382 g/mol. The van der Waals surface area contributed by atoms with Gasteiger partial charge >= 0.3 is 0 Å². The van der Waals surface area contributed by atoms with Crippen molar-refractivity contribution >= 4 is 40.8 Å². The fourth-order valence-corrected chi connectivity index (χ4v) is 3.91. The van der Waals surface area contributed by atoms with Gasteiger partial charge in [0.05, 0.1) is 17.1 Å². The fraction of sp³-hybridized carbons (Fsp3) is 0.238. The van der Waals surface area contributed by atoms with Crippen molar-refractivity contribution in [3.8, 4) is 0 Å². The van der Waals surface area contributed by atoms with Gasteiger partial charge in [0.15, 0.2) is 0 Å². The number of hydrogen-bond acceptors (Lipinski definition) is 4. The number of aliphatic hydroxyl groups excluding tert-OH is 1. The van der Waals surface area contributed by atoms with Crippen LogP contribution < -0.4 is 0 Å². The summed E-state index contributed by atoms with van der Waals surface area (Å²) < 4.78 is 0. The zero-order chi connectivity index (χ0) is 19.4. The van der Waals surface area contributed by atoms with Crippen LogP contribution in [0.25, 0.3) is 5.57 Å². The zero-order valence-electron chi connectivity index (χ0n) is 14.9. The van der Waals surface area contributed by atoms with Crippen molar-refractivity contribution in [1.29, 1.82) is 0 Å². The molecule has 1 aliphatic rings. The van der Waals surface area contributed by atoms with Gasteiger partial charge in [0.2, 0.25) is 0 Å². The van der Waals surface area contributed by atoms with Gasteiger partial charge in [-0.15, -0.1) is 11.8 Å². The maximum atomic E-state index is 13.0. The first-order chi connectivity index (χ1) is 13.0. The van der Waals surface area contributed by atoms with Crippen molar-refractivity contribution in [3.05, 3.63) is 75.1 Å². The number of nitrogens with zero attached hydrogens (tertiary/aromatic N) is 1. The average molecular weight is 402 g/mol. The highest BCUT2D eigenvalue weighted by Gasteiger charge is 2.38. The smallest absolute Gasteiger partial charge is 0.267 e. The van der Waals surface area contributed by atoms with Crippen LogP contribution in [-0.4, -0.2) is 40.7 Å². The molecule has 0 saturated carbocycles. The Kier molecular flexibility index (Phi) is 6.37. The summed E-state index contributed by atoms with van der Waals surface area (Å²) in [4.78, 5) is 27.6. The molecule has 1 N–H and O–H groups in total. The van der Waals surface area contributed by atoms with Gasteiger partial charge in [-0.05, 0) is 36.6 Å². The fourth-order valence-electron chi connectivity index (χ4n) is 2.91. The Morgan fingerprint density at radius 3 is 2.30 bits per heavy atom. The molecule has 0 aromatic heterocycles.